The Morgan fingerprint density at radius 3 is 2.50 bits per heavy atom. The molecule has 1 N–H and O–H groups in total. The average Bonchev–Trinajstić information content (AvgIpc) is 3.23. The third-order valence-electron chi connectivity index (χ3n) is 3.74. The number of para-hydroxylation sites is 1. The van der Waals surface area contributed by atoms with E-state index in [1.807, 2.05) is 37.3 Å². The number of rotatable bonds is 4. The fraction of sp³-hybridized carbons (Fsp3) is 0.0588. The molecule has 2 aromatic carbocycles. The molecule has 0 fully saturated rings. The van der Waals surface area contributed by atoms with Crippen LogP contribution in [-0.4, -0.2) is 30.0 Å². The van der Waals surface area contributed by atoms with Crippen molar-refractivity contribution in [1.82, 2.24) is 30.0 Å². The molecule has 0 unspecified atom stereocenters. The van der Waals surface area contributed by atoms with Gasteiger partial charge < -0.3 is 0 Å². The number of nitrogens with one attached hydrogen (secondary N) is 1. The van der Waals surface area contributed by atoms with E-state index < -0.39 is 0 Å². The molecule has 0 amide bonds. The minimum atomic E-state index is -0.169. The highest BCUT2D eigenvalue weighted by Gasteiger charge is 2.18. The van der Waals surface area contributed by atoms with Gasteiger partial charge in [-0.3, -0.25) is 9.89 Å². The lowest BCUT2D eigenvalue weighted by molar-refractivity contribution is 0.756. The molecule has 2 aromatic heterocycles. The summed E-state index contributed by atoms with van der Waals surface area (Å²) in [5.41, 5.74) is 2.10. The molecule has 7 nitrogen and oxygen atoms in total. The Morgan fingerprint density at radius 1 is 1.04 bits per heavy atom. The van der Waals surface area contributed by atoms with Crippen LogP contribution in [-0.2, 0) is 0 Å². The summed E-state index contributed by atoms with van der Waals surface area (Å²) >= 11 is 7.14. The van der Waals surface area contributed by atoms with Crippen LogP contribution in [0.15, 0.2) is 69.4 Å². The maximum atomic E-state index is 12.8. The number of tetrazole rings is 1. The standard InChI is InChI=1S/C17H13ClN6OS/c1-11-15(16(25)23(20-11)14-9-7-12(18)8-10-14)26-17-19-21-22-24(17)13-5-3-2-4-6-13/h2-10,20H,1H3. The maximum absolute atomic E-state index is 12.8. The summed E-state index contributed by atoms with van der Waals surface area (Å²) in [6.45, 7) is 1.84. The molecule has 4 rings (SSSR count). The summed E-state index contributed by atoms with van der Waals surface area (Å²) in [6, 6.07) is 16.6. The molecule has 0 aliphatic heterocycles. The zero-order valence-electron chi connectivity index (χ0n) is 13.6. The number of H-pyrrole nitrogens is 1. The first-order valence-corrected chi connectivity index (χ1v) is 8.92. The molecule has 2 heterocycles. The van der Waals surface area contributed by atoms with E-state index in [0.29, 0.717) is 20.8 Å². The molecular weight excluding hydrogens is 372 g/mol. The summed E-state index contributed by atoms with van der Waals surface area (Å²) < 4.78 is 3.08. The summed E-state index contributed by atoms with van der Waals surface area (Å²) in [5, 5.41) is 16.0. The van der Waals surface area contributed by atoms with Gasteiger partial charge in [-0.15, -0.1) is 5.10 Å². The van der Waals surface area contributed by atoms with E-state index in [4.69, 9.17) is 11.6 Å². The van der Waals surface area contributed by atoms with Crippen LogP contribution in [0.5, 0.6) is 0 Å². The van der Waals surface area contributed by atoms with Crippen molar-refractivity contribution >= 4 is 23.4 Å². The molecule has 9 heteroatoms. The van der Waals surface area contributed by atoms with Crippen LogP contribution in [0.4, 0.5) is 0 Å². The molecule has 4 aromatic rings. The first kappa shape index (κ1) is 16.6. The van der Waals surface area contributed by atoms with Crippen molar-refractivity contribution in [2.24, 2.45) is 0 Å². The zero-order valence-corrected chi connectivity index (χ0v) is 15.2. The van der Waals surface area contributed by atoms with Crippen LogP contribution < -0.4 is 5.56 Å². The van der Waals surface area contributed by atoms with Gasteiger partial charge in [-0.05, 0) is 65.5 Å². The Hall–Kier alpha value is -2.84. The summed E-state index contributed by atoms with van der Waals surface area (Å²) in [6.07, 6.45) is 0. The number of benzene rings is 2. The fourth-order valence-corrected chi connectivity index (χ4v) is 3.48. The summed E-state index contributed by atoms with van der Waals surface area (Å²) in [7, 11) is 0. The molecule has 0 saturated carbocycles. The summed E-state index contributed by atoms with van der Waals surface area (Å²) in [4.78, 5) is 13.4. The van der Waals surface area contributed by atoms with Gasteiger partial charge in [-0.2, -0.15) is 4.68 Å². The fourth-order valence-electron chi connectivity index (χ4n) is 2.49. The predicted octanol–water partition coefficient (Wildman–Crippen LogP) is 3.25. The SMILES string of the molecule is Cc1[nH]n(-c2ccc(Cl)cc2)c(=O)c1Sc1nnnn1-c1ccccc1. The van der Waals surface area contributed by atoms with Crippen LogP contribution >= 0.6 is 23.4 Å². The van der Waals surface area contributed by atoms with Crippen molar-refractivity contribution in [3.8, 4) is 11.4 Å². The largest absolute Gasteiger partial charge is 0.294 e. The quantitative estimate of drug-likeness (QED) is 0.584. The molecule has 130 valence electrons. The first-order valence-electron chi connectivity index (χ1n) is 7.73. The van der Waals surface area contributed by atoms with Crippen molar-refractivity contribution in [3.05, 3.63) is 75.7 Å². The minimum Gasteiger partial charge on any atom is -0.294 e. The molecule has 0 bridgehead atoms. The summed E-state index contributed by atoms with van der Waals surface area (Å²) in [5.74, 6) is 0. The normalized spacial score (nSPS) is 11.0. The van der Waals surface area contributed by atoms with Crippen LogP contribution in [0.1, 0.15) is 5.69 Å². The van der Waals surface area contributed by atoms with Gasteiger partial charge in [0.25, 0.3) is 5.56 Å². The molecular formula is C17H13ClN6OS. The van der Waals surface area contributed by atoms with Crippen LogP contribution in [0, 0.1) is 6.92 Å². The second-order valence-corrected chi connectivity index (χ2v) is 6.91. The van der Waals surface area contributed by atoms with Crippen molar-refractivity contribution in [2.75, 3.05) is 0 Å². The highest BCUT2D eigenvalue weighted by atomic mass is 35.5. The van der Waals surface area contributed by atoms with Gasteiger partial charge in [-0.25, -0.2) is 4.68 Å². The Kier molecular flexibility index (Phi) is 4.36. The number of nitrogens with zero attached hydrogens (tertiary/aromatic N) is 5. The Bertz CT molecular complexity index is 1100. The number of aryl methyl sites for hydroxylation is 1. The highest BCUT2D eigenvalue weighted by molar-refractivity contribution is 7.99. The molecule has 26 heavy (non-hydrogen) atoms. The molecule has 0 aliphatic carbocycles. The van der Waals surface area contributed by atoms with Crippen LogP contribution in [0.3, 0.4) is 0 Å². The third-order valence-corrected chi connectivity index (χ3v) is 5.11. The molecule has 0 atom stereocenters. The van der Waals surface area contributed by atoms with E-state index >= 15 is 0 Å². The van der Waals surface area contributed by atoms with E-state index in [0.717, 1.165) is 11.4 Å². The van der Waals surface area contributed by atoms with Crippen LogP contribution in [0.2, 0.25) is 5.02 Å². The van der Waals surface area contributed by atoms with Gasteiger partial charge in [0.2, 0.25) is 5.16 Å². The Morgan fingerprint density at radius 2 is 1.77 bits per heavy atom. The minimum absolute atomic E-state index is 0.169. The molecule has 0 spiro atoms. The maximum Gasteiger partial charge on any atom is 0.285 e. The highest BCUT2D eigenvalue weighted by Crippen LogP contribution is 2.27. The lowest BCUT2D eigenvalue weighted by Gasteiger charge is -2.02. The Labute approximate surface area is 157 Å². The van der Waals surface area contributed by atoms with E-state index in [-0.39, 0.29) is 5.56 Å². The van der Waals surface area contributed by atoms with E-state index in [1.54, 1.807) is 28.9 Å². The van der Waals surface area contributed by atoms with Gasteiger partial charge in [-0.1, -0.05) is 29.8 Å². The van der Waals surface area contributed by atoms with E-state index in [2.05, 4.69) is 20.6 Å². The van der Waals surface area contributed by atoms with Gasteiger partial charge in [0.1, 0.15) is 4.90 Å². The number of aromatic amines is 1. The van der Waals surface area contributed by atoms with Gasteiger partial charge in [0, 0.05) is 10.7 Å². The zero-order chi connectivity index (χ0) is 18.1. The lowest BCUT2D eigenvalue weighted by Crippen LogP contribution is -2.15. The van der Waals surface area contributed by atoms with Gasteiger partial charge in [0.05, 0.1) is 11.4 Å². The smallest absolute Gasteiger partial charge is 0.285 e. The first-order chi connectivity index (χ1) is 12.6. The van der Waals surface area contributed by atoms with Crippen LogP contribution in [0.25, 0.3) is 11.4 Å². The number of hydrogen-bond acceptors (Lipinski definition) is 5. The number of aromatic nitrogens is 6. The second-order valence-electron chi connectivity index (χ2n) is 5.49. The lowest BCUT2D eigenvalue weighted by atomic mass is 10.3. The average molecular weight is 385 g/mol. The van der Waals surface area contributed by atoms with Crippen molar-refractivity contribution in [3.63, 3.8) is 0 Å². The Balaban J connectivity index is 1.72. The van der Waals surface area contributed by atoms with Crippen molar-refractivity contribution in [2.45, 2.75) is 17.0 Å². The van der Waals surface area contributed by atoms with Crippen molar-refractivity contribution in [1.29, 1.82) is 0 Å². The number of hydrogen-bond donors (Lipinski definition) is 1. The van der Waals surface area contributed by atoms with Crippen molar-refractivity contribution < 1.29 is 0 Å². The monoisotopic (exact) mass is 384 g/mol. The molecule has 0 saturated heterocycles. The molecule has 0 radical (unpaired) electrons. The van der Waals surface area contributed by atoms with E-state index in [9.17, 15) is 4.79 Å². The number of halogens is 1. The predicted molar refractivity (Wildman–Crippen MR) is 99.4 cm³/mol. The van der Waals surface area contributed by atoms with Gasteiger partial charge >= 0.3 is 0 Å². The van der Waals surface area contributed by atoms with Gasteiger partial charge in [0.15, 0.2) is 0 Å². The topological polar surface area (TPSA) is 81.4 Å². The third kappa shape index (κ3) is 3.04. The second kappa shape index (κ2) is 6.81. The molecule has 0 aliphatic rings. The van der Waals surface area contributed by atoms with E-state index in [1.165, 1.54) is 16.4 Å².